The first-order valence-electron chi connectivity index (χ1n) is 2.72. The minimum absolute atomic E-state index is 0. The Labute approximate surface area is 74.2 Å². The average molecular weight is 194 g/mol. The molecule has 1 aromatic rings. The maximum Gasteiger partial charge on any atom is 3.00 e. The van der Waals surface area contributed by atoms with Crippen LogP contribution in [0, 0.1) is 5.21 Å². The van der Waals surface area contributed by atoms with Crippen molar-refractivity contribution in [1.82, 2.24) is 0 Å². The summed E-state index contributed by atoms with van der Waals surface area (Å²) in [4.78, 5) is 0.139. The van der Waals surface area contributed by atoms with Gasteiger partial charge in [-0.25, -0.2) is 0 Å². The molecule has 4 nitrogen and oxygen atoms in total. The molecule has 0 saturated heterocycles. The number of nitrogens with zero attached hydrogens (tertiary/aromatic N) is 2. The third kappa shape index (κ3) is 2.57. The summed E-state index contributed by atoms with van der Waals surface area (Å²) in [5.74, 6) is 0. The summed E-state index contributed by atoms with van der Waals surface area (Å²) in [5.41, 5.74) is 0.310. The first-order chi connectivity index (χ1) is 4.84. The second kappa shape index (κ2) is 4.71. The molecule has 0 bridgehead atoms. The van der Waals surface area contributed by atoms with E-state index in [0.717, 1.165) is 0 Å². The van der Waals surface area contributed by atoms with Gasteiger partial charge in [0.15, 0.2) is 0 Å². The van der Waals surface area contributed by atoms with Gasteiger partial charge < -0.3 is 10.4 Å². The van der Waals surface area contributed by atoms with Crippen LogP contribution in [0.25, 0.3) is 0 Å². The molecular weight excluding hydrogens is 188 g/mol. The van der Waals surface area contributed by atoms with Crippen LogP contribution in [0.15, 0.2) is 35.6 Å². The minimum atomic E-state index is 0. The van der Waals surface area contributed by atoms with Crippen LogP contribution >= 0.6 is 0 Å². The Hall–Kier alpha value is -1.06. The van der Waals surface area contributed by atoms with Crippen molar-refractivity contribution in [3.05, 3.63) is 35.5 Å². The van der Waals surface area contributed by atoms with Crippen LogP contribution in [0.1, 0.15) is 0 Å². The Morgan fingerprint density at radius 3 is 2.27 bits per heavy atom. The topological polar surface area (TPSA) is 58.7 Å². The molecule has 0 fully saturated rings. The van der Waals surface area contributed by atoms with E-state index < -0.39 is 0 Å². The molecule has 0 aromatic heterocycles. The van der Waals surface area contributed by atoms with Crippen LogP contribution in [0.4, 0.5) is 5.69 Å². The molecule has 0 unspecified atom stereocenters. The van der Waals surface area contributed by atoms with E-state index in [9.17, 15) is 5.21 Å². The molecular formula is C6H6FeN2O2+3. The second-order valence-corrected chi connectivity index (χ2v) is 1.70. The van der Waals surface area contributed by atoms with Crippen LogP contribution in [0.3, 0.4) is 0 Å². The summed E-state index contributed by atoms with van der Waals surface area (Å²) in [6.07, 6.45) is 0. The molecule has 0 aliphatic carbocycles. The van der Waals surface area contributed by atoms with Gasteiger partial charge in [0, 0.05) is 12.1 Å². The van der Waals surface area contributed by atoms with Gasteiger partial charge in [-0.3, -0.25) is 0 Å². The summed E-state index contributed by atoms with van der Waals surface area (Å²) >= 11 is 0. The molecule has 0 atom stereocenters. The van der Waals surface area contributed by atoms with Crippen molar-refractivity contribution in [2.45, 2.75) is 0 Å². The summed E-state index contributed by atoms with van der Waals surface area (Å²) < 4.78 is 0. The molecule has 0 aliphatic heterocycles. The molecule has 0 aliphatic rings. The monoisotopic (exact) mass is 194 g/mol. The van der Waals surface area contributed by atoms with Gasteiger partial charge in [-0.05, 0) is 4.86 Å². The Balaban J connectivity index is 0.000001000. The number of para-hydroxylation sites is 1. The van der Waals surface area contributed by atoms with Crippen molar-refractivity contribution in [1.29, 1.82) is 0 Å². The fourth-order valence-corrected chi connectivity index (χ4v) is 0.607. The number of benzene rings is 1. The fraction of sp³-hybridized carbons (Fsp3) is 0. The third-order valence-electron chi connectivity index (χ3n) is 1.06. The van der Waals surface area contributed by atoms with Crippen molar-refractivity contribution in [3.63, 3.8) is 0 Å². The second-order valence-electron chi connectivity index (χ2n) is 1.70. The van der Waals surface area contributed by atoms with Gasteiger partial charge in [-0.15, -0.1) is 0 Å². The zero-order valence-corrected chi connectivity index (χ0v) is 6.59. The fourth-order valence-electron chi connectivity index (χ4n) is 0.607. The summed E-state index contributed by atoms with van der Waals surface area (Å²) in [5, 5.41) is 21.0. The number of hydrogen-bond donors (Lipinski definition) is 1. The van der Waals surface area contributed by atoms with Crippen molar-refractivity contribution in [2.75, 3.05) is 0 Å². The molecule has 11 heavy (non-hydrogen) atoms. The van der Waals surface area contributed by atoms with Crippen molar-refractivity contribution < 1.29 is 27.1 Å². The van der Waals surface area contributed by atoms with Gasteiger partial charge in [0.25, 0.3) is 0 Å². The largest absolute Gasteiger partial charge is 3.00 e. The SMILES string of the molecule is [Fe+3].[O-]/[N+](=N\O)c1ccccc1. The molecule has 0 spiro atoms. The van der Waals surface area contributed by atoms with Gasteiger partial charge >= 0.3 is 17.1 Å². The Kier molecular flexibility index (Phi) is 4.25. The molecule has 0 saturated carbocycles. The Morgan fingerprint density at radius 1 is 1.27 bits per heavy atom. The zero-order valence-electron chi connectivity index (χ0n) is 5.49. The van der Waals surface area contributed by atoms with Gasteiger partial charge in [-0.2, -0.15) is 0 Å². The first-order valence-corrected chi connectivity index (χ1v) is 2.72. The summed E-state index contributed by atoms with van der Waals surface area (Å²) in [6, 6.07) is 8.24. The van der Waals surface area contributed by atoms with Crippen LogP contribution in [0.2, 0.25) is 0 Å². The van der Waals surface area contributed by atoms with Crippen molar-refractivity contribution in [2.24, 2.45) is 5.28 Å². The minimum Gasteiger partial charge on any atom is -0.592 e. The van der Waals surface area contributed by atoms with Gasteiger partial charge in [-0.1, -0.05) is 18.2 Å². The first kappa shape index (κ1) is 9.94. The molecule has 1 aromatic carbocycles. The van der Waals surface area contributed by atoms with Crippen LogP contribution in [-0.2, 0) is 17.1 Å². The smallest absolute Gasteiger partial charge is 0.592 e. The van der Waals surface area contributed by atoms with Crippen LogP contribution < -0.4 is 0 Å². The quantitative estimate of drug-likeness (QED) is 0.320. The van der Waals surface area contributed by atoms with E-state index in [4.69, 9.17) is 5.21 Å². The Morgan fingerprint density at radius 2 is 1.82 bits per heavy atom. The maximum atomic E-state index is 10.5. The number of hydrogen-bond acceptors (Lipinski definition) is 2. The zero-order chi connectivity index (χ0) is 7.40. The van der Waals surface area contributed by atoms with E-state index in [-0.39, 0.29) is 21.9 Å². The van der Waals surface area contributed by atoms with Crippen LogP contribution in [0.5, 0.6) is 0 Å². The van der Waals surface area contributed by atoms with E-state index in [1.54, 1.807) is 30.3 Å². The molecule has 1 rings (SSSR count). The van der Waals surface area contributed by atoms with E-state index in [1.165, 1.54) is 0 Å². The third-order valence-corrected chi connectivity index (χ3v) is 1.06. The van der Waals surface area contributed by atoms with Gasteiger partial charge in [0.2, 0.25) is 11.0 Å². The number of rotatable bonds is 1. The molecule has 5 heteroatoms. The van der Waals surface area contributed by atoms with E-state index in [2.05, 4.69) is 5.28 Å². The van der Waals surface area contributed by atoms with Crippen molar-refractivity contribution >= 4 is 5.69 Å². The van der Waals surface area contributed by atoms with Gasteiger partial charge in [0.1, 0.15) is 0 Å². The Bertz CT molecular complexity index is 238. The average Bonchev–Trinajstić information content (AvgIpc) is 2.05. The van der Waals surface area contributed by atoms with Crippen molar-refractivity contribution in [3.8, 4) is 0 Å². The molecule has 1 radical (unpaired) electrons. The normalized spacial score (nSPS) is 10.4. The predicted molar refractivity (Wildman–Crippen MR) is 33.9 cm³/mol. The molecule has 1 N–H and O–H groups in total. The summed E-state index contributed by atoms with van der Waals surface area (Å²) in [7, 11) is 0. The predicted octanol–water partition coefficient (Wildman–Crippen LogP) is 1.67. The van der Waals surface area contributed by atoms with E-state index in [0.29, 0.717) is 5.69 Å². The maximum absolute atomic E-state index is 10.5. The van der Waals surface area contributed by atoms with Crippen LogP contribution in [-0.4, -0.2) is 10.1 Å². The summed E-state index contributed by atoms with van der Waals surface area (Å²) in [6.45, 7) is 0. The molecule has 57 valence electrons. The molecule has 0 amide bonds. The van der Waals surface area contributed by atoms with E-state index >= 15 is 0 Å². The molecule has 0 heterocycles. The standard InChI is InChI=1S/C6H6N2O2.Fe/c9-7-8(10)6-4-2-1-3-5-6;/h1-5,9H;/q;+3/b8-7-;. The van der Waals surface area contributed by atoms with E-state index in [1.807, 2.05) is 0 Å². The van der Waals surface area contributed by atoms with Gasteiger partial charge in [0.05, 0.1) is 0 Å².